The minimum absolute atomic E-state index is 0.175. The van der Waals surface area contributed by atoms with E-state index in [1.165, 1.54) is 0 Å². The van der Waals surface area contributed by atoms with E-state index in [9.17, 15) is 9.59 Å². The van der Waals surface area contributed by atoms with Crippen molar-refractivity contribution in [2.45, 2.75) is 37.9 Å². The summed E-state index contributed by atoms with van der Waals surface area (Å²) in [4.78, 5) is 26.9. The van der Waals surface area contributed by atoms with Crippen molar-refractivity contribution in [1.82, 2.24) is 9.80 Å². The van der Waals surface area contributed by atoms with E-state index in [4.69, 9.17) is 5.11 Å². The number of carbonyl (C=O) groups is 2. The molecule has 0 aromatic carbocycles. The number of hydrogen-bond donors (Lipinski definition) is 1. The van der Waals surface area contributed by atoms with Gasteiger partial charge in [0.1, 0.15) is 0 Å². The van der Waals surface area contributed by atoms with Gasteiger partial charge in [0.15, 0.2) is 0 Å². The number of carboxylic acid groups (broad SMARTS) is 1. The van der Waals surface area contributed by atoms with Gasteiger partial charge >= 0.3 is 12.0 Å². The molecule has 2 fully saturated rings. The number of carboxylic acids is 1. The number of aliphatic carboxylic acids is 1. The molecule has 20 heavy (non-hydrogen) atoms. The van der Waals surface area contributed by atoms with Crippen LogP contribution in [0.15, 0.2) is 0 Å². The van der Waals surface area contributed by atoms with Crippen LogP contribution in [-0.4, -0.2) is 64.1 Å². The quantitative estimate of drug-likeness (QED) is 0.867. The Morgan fingerprint density at radius 3 is 2.50 bits per heavy atom. The van der Waals surface area contributed by atoms with E-state index in [1.54, 1.807) is 0 Å². The lowest BCUT2D eigenvalue weighted by molar-refractivity contribution is -0.137. The number of thioether (sulfide) groups is 1. The van der Waals surface area contributed by atoms with Crippen molar-refractivity contribution in [3.8, 4) is 0 Å². The van der Waals surface area contributed by atoms with E-state index in [1.807, 2.05) is 21.6 Å². The molecule has 2 heterocycles. The maximum Gasteiger partial charge on any atom is 0.320 e. The van der Waals surface area contributed by atoms with Crippen LogP contribution in [0.4, 0.5) is 4.79 Å². The zero-order valence-electron chi connectivity index (χ0n) is 12.1. The molecule has 5 nitrogen and oxygen atoms in total. The second kappa shape index (κ2) is 7.20. The summed E-state index contributed by atoms with van der Waals surface area (Å²) >= 11 is 1.93. The Hall–Kier alpha value is -0.910. The smallest absolute Gasteiger partial charge is 0.320 e. The first-order chi connectivity index (χ1) is 9.56. The fourth-order valence-corrected chi connectivity index (χ4v) is 3.95. The van der Waals surface area contributed by atoms with Crippen LogP contribution in [0.25, 0.3) is 0 Å². The minimum Gasteiger partial charge on any atom is -0.481 e. The lowest BCUT2D eigenvalue weighted by Gasteiger charge is -2.38. The number of hydrogen-bond acceptors (Lipinski definition) is 3. The lowest BCUT2D eigenvalue weighted by Crippen LogP contribution is -2.50. The van der Waals surface area contributed by atoms with Crippen LogP contribution >= 0.6 is 11.8 Å². The van der Waals surface area contributed by atoms with Gasteiger partial charge in [-0.2, -0.15) is 11.8 Å². The van der Waals surface area contributed by atoms with Crippen LogP contribution in [0, 0.1) is 5.92 Å². The summed E-state index contributed by atoms with van der Waals surface area (Å²) in [6.07, 6.45) is 2.88. The minimum atomic E-state index is -0.719. The highest BCUT2D eigenvalue weighted by Gasteiger charge is 2.28. The molecule has 2 aliphatic rings. The third kappa shape index (κ3) is 4.30. The maximum absolute atomic E-state index is 12.4. The molecule has 114 valence electrons. The molecule has 1 unspecified atom stereocenters. The summed E-state index contributed by atoms with van der Waals surface area (Å²) in [6, 6.07) is 0.175. The molecule has 2 aliphatic heterocycles. The highest BCUT2D eigenvalue weighted by atomic mass is 32.2. The molecule has 1 N–H and O–H groups in total. The summed E-state index contributed by atoms with van der Waals surface area (Å²) in [5.74, 6) is 0.774. The van der Waals surface area contributed by atoms with E-state index < -0.39 is 5.97 Å². The number of urea groups is 1. The molecule has 0 radical (unpaired) electrons. The highest BCUT2D eigenvalue weighted by Crippen LogP contribution is 2.24. The van der Waals surface area contributed by atoms with Gasteiger partial charge in [-0.15, -0.1) is 0 Å². The van der Waals surface area contributed by atoms with Crippen molar-refractivity contribution in [2.75, 3.05) is 31.9 Å². The molecule has 0 aromatic heterocycles. The van der Waals surface area contributed by atoms with Crippen LogP contribution in [0.3, 0.4) is 0 Å². The number of amides is 2. The molecule has 0 spiro atoms. The zero-order chi connectivity index (χ0) is 14.5. The molecule has 0 aliphatic carbocycles. The Labute approximate surface area is 124 Å². The van der Waals surface area contributed by atoms with Gasteiger partial charge in [0, 0.05) is 43.6 Å². The number of rotatable bonds is 3. The standard InChI is InChI=1S/C14H24N2O3S/c1-11-10-16(8-9-20-11)14(19)15-6-4-12(5-7-15)2-3-13(17)18/h11-12H,2-10H2,1H3,(H,17,18). The average Bonchev–Trinajstić information content (AvgIpc) is 2.45. The molecule has 2 amide bonds. The molecule has 1 atom stereocenters. The molecule has 0 saturated carbocycles. The van der Waals surface area contributed by atoms with Crippen molar-refractivity contribution >= 4 is 23.8 Å². The number of nitrogens with zero attached hydrogens (tertiary/aromatic N) is 2. The van der Waals surface area contributed by atoms with Gasteiger partial charge in [-0.25, -0.2) is 4.79 Å². The number of likely N-dealkylation sites (tertiary alicyclic amines) is 1. The monoisotopic (exact) mass is 300 g/mol. The van der Waals surface area contributed by atoms with Gasteiger partial charge in [0.25, 0.3) is 0 Å². The summed E-state index contributed by atoms with van der Waals surface area (Å²) in [6.45, 7) is 5.43. The topological polar surface area (TPSA) is 60.9 Å². The van der Waals surface area contributed by atoms with Crippen molar-refractivity contribution in [3.63, 3.8) is 0 Å². The third-order valence-electron chi connectivity index (χ3n) is 4.16. The number of piperidine rings is 1. The lowest BCUT2D eigenvalue weighted by atomic mass is 9.92. The van der Waals surface area contributed by atoms with Gasteiger partial charge < -0.3 is 14.9 Å². The Morgan fingerprint density at radius 2 is 1.90 bits per heavy atom. The Kier molecular flexibility index (Phi) is 5.57. The van der Waals surface area contributed by atoms with Gasteiger partial charge in [0.05, 0.1) is 0 Å². The predicted molar refractivity (Wildman–Crippen MR) is 80.1 cm³/mol. The van der Waals surface area contributed by atoms with Crippen molar-refractivity contribution in [1.29, 1.82) is 0 Å². The summed E-state index contributed by atoms with van der Waals surface area (Å²) in [7, 11) is 0. The van der Waals surface area contributed by atoms with E-state index >= 15 is 0 Å². The van der Waals surface area contributed by atoms with E-state index in [-0.39, 0.29) is 12.5 Å². The SMILES string of the molecule is CC1CN(C(=O)N2CCC(CCC(=O)O)CC2)CCS1. The van der Waals surface area contributed by atoms with Gasteiger partial charge in [-0.1, -0.05) is 6.92 Å². The molecular formula is C14H24N2O3S. The zero-order valence-corrected chi connectivity index (χ0v) is 12.9. The maximum atomic E-state index is 12.4. The average molecular weight is 300 g/mol. The van der Waals surface area contributed by atoms with Gasteiger partial charge in [-0.05, 0) is 25.2 Å². The normalized spacial score (nSPS) is 24.8. The van der Waals surface area contributed by atoms with E-state index in [0.29, 0.717) is 11.2 Å². The second-order valence-electron chi connectivity index (χ2n) is 5.77. The van der Waals surface area contributed by atoms with Crippen LogP contribution in [-0.2, 0) is 4.79 Å². The first-order valence-corrected chi connectivity index (χ1v) is 8.48. The van der Waals surface area contributed by atoms with Crippen LogP contribution < -0.4 is 0 Å². The van der Waals surface area contributed by atoms with Crippen LogP contribution in [0.5, 0.6) is 0 Å². The largest absolute Gasteiger partial charge is 0.481 e. The van der Waals surface area contributed by atoms with Crippen molar-refractivity contribution in [3.05, 3.63) is 0 Å². The Balaban J connectivity index is 1.75. The summed E-state index contributed by atoms with van der Waals surface area (Å²) in [5, 5.41) is 9.23. The molecular weight excluding hydrogens is 276 g/mol. The van der Waals surface area contributed by atoms with E-state index in [0.717, 1.165) is 51.2 Å². The van der Waals surface area contributed by atoms with Crippen molar-refractivity contribution < 1.29 is 14.7 Å². The molecule has 2 saturated heterocycles. The van der Waals surface area contributed by atoms with Gasteiger partial charge in [0.2, 0.25) is 0 Å². The van der Waals surface area contributed by atoms with Gasteiger partial charge in [-0.3, -0.25) is 4.79 Å². The Morgan fingerprint density at radius 1 is 1.20 bits per heavy atom. The molecule has 2 rings (SSSR count). The molecule has 0 aromatic rings. The number of carbonyl (C=O) groups excluding carboxylic acids is 1. The van der Waals surface area contributed by atoms with Crippen LogP contribution in [0.1, 0.15) is 32.6 Å². The second-order valence-corrected chi connectivity index (χ2v) is 7.32. The van der Waals surface area contributed by atoms with Crippen LogP contribution in [0.2, 0.25) is 0 Å². The molecule has 0 bridgehead atoms. The predicted octanol–water partition coefficient (Wildman–Crippen LogP) is 2.12. The highest BCUT2D eigenvalue weighted by molar-refractivity contribution is 7.99. The van der Waals surface area contributed by atoms with E-state index in [2.05, 4.69) is 6.92 Å². The summed E-state index contributed by atoms with van der Waals surface area (Å²) < 4.78 is 0. The summed E-state index contributed by atoms with van der Waals surface area (Å²) in [5.41, 5.74) is 0. The fourth-order valence-electron chi connectivity index (χ4n) is 2.93. The molecule has 6 heteroatoms. The van der Waals surface area contributed by atoms with Crippen molar-refractivity contribution in [2.24, 2.45) is 5.92 Å². The first-order valence-electron chi connectivity index (χ1n) is 7.43. The fraction of sp³-hybridized carbons (Fsp3) is 0.857. The Bertz CT molecular complexity index is 356. The third-order valence-corrected chi connectivity index (χ3v) is 5.30. The first kappa shape index (κ1) is 15.5.